The topological polar surface area (TPSA) is 29.3 Å². The van der Waals surface area contributed by atoms with Crippen LogP contribution in [0.3, 0.4) is 0 Å². The third kappa shape index (κ3) is 4.71. The molecule has 1 heterocycles. The highest BCUT2D eigenvalue weighted by Gasteiger charge is 2.25. The number of nitrogens with two attached hydrogens (primary N) is 1. The van der Waals surface area contributed by atoms with Crippen LogP contribution in [-0.4, -0.2) is 30.6 Å². The van der Waals surface area contributed by atoms with Gasteiger partial charge in [-0.05, 0) is 63.5 Å². The maximum atomic E-state index is 5.99. The molecule has 108 valence electrons. The van der Waals surface area contributed by atoms with Crippen molar-refractivity contribution < 1.29 is 0 Å². The Labute approximate surface area is 119 Å². The lowest BCUT2D eigenvalue weighted by molar-refractivity contribution is 0.131. The summed E-state index contributed by atoms with van der Waals surface area (Å²) in [5, 5.41) is 0. The van der Waals surface area contributed by atoms with Crippen LogP contribution in [0.1, 0.15) is 52.4 Å². The summed E-state index contributed by atoms with van der Waals surface area (Å²) in [6, 6.07) is 0.396. The van der Waals surface area contributed by atoms with Gasteiger partial charge < -0.3 is 10.6 Å². The first-order chi connectivity index (χ1) is 8.15. The molecule has 1 saturated carbocycles. The fourth-order valence-corrected chi connectivity index (χ4v) is 3.54. The van der Waals surface area contributed by atoms with E-state index in [2.05, 4.69) is 18.7 Å². The molecule has 0 aromatic rings. The second-order valence-electron chi connectivity index (χ2n) is 6.62. The molecule has 2 rings (SSSR count). The van der Waals surface area contributed by atoms with E-state index in [1.807, 2.05) is 0 Å². The summed E-state index contributed by atoms with van der Waals surface area (Å²) in [5.74, 6) is 2.74. The molecule has 0 amide bonds. The van der Waals surface area contributed by atoms with E-state index in [1.165, 1.54) is 58.2 Å². The largest absolute Gasteiger partial charge is 0.328 e. The quantitative estimate of drug-likeness (QED) is 0.856. The zero-order valence-electron chi connectivity index (χ0n) is 12.1. The van der Waals surface area contributed by atoms with Crippen molar-refractivity contribution in [1.29, 1.82) is 0 Å². The highest BCUT2D eigenvalue weighted by Crippen LogP contribution is 2.30. The molecule has 1 unspecified atom stereocenters. The smallest absolute Gasteiger partial charge is 0.00397 e. The highest BCUT2D eigenvalue weighted by molar-refractivity contribution is 5.85. The van der Waals surface area contributed by atoms with Crippen LogP contribution in [0.15, 0.2) is 0 Å². The minimum Gasteiger partial charge on any atom is -0.328 e. The molecule has 1 saturated heterocycles. The van der Waals surface area contributed by atoms with E-state index in [0.717, 1.165) is 17.8 Å². The monoisotopic (exact) mass is 274 g/mol. The zero-order chi connectivity index (χ0) is 12.3. The molecule has 0 aromatic heterocycles. The van der Waals surface area contributed by atoms with Crippen LogP contribution in [-0.2, 0) is 0 Å². The van der Waals surface area contributed by atoms with Crippen molar-refractivity contribution in [2.75, 3.05) is 19.6 Å². The van der Waals surface area contributed by atoms with E-state index in [9.17, 15) is 0 Å². The molecule has 1 atom stereocenters. The number of hydrogen-bond acceptors (Lipinski definition) is 2. The Balaban J connectivity index is 0.00000162. The van der Waals surface area contributed by atoms with Gasteiger partial charge in [-0.25, -0.2) is 0 Å². The lowest BCUT2D eigenvalue weighted by Gasteiger charge is -2.37. The van der Waals surface area contributed by atoms with Crippen LogP contribution in [0.25, 0.3) is 0 Å². The molecule has 0 aromatic carbocycles. The first kappa shape index (κ1) is 16.3. The van der Waals surface area contributed by atoms with Crippen molar-refractivity contribution in [2.24, 2.45) is 23.5 Å². The molecular formula is C15H31ClN2. The van der Waals surface area contributed by atoms with E-state index in [-0.39, 0.29) is 12.4 Å². The molecule has 0 spiro atoms. The van der Waals surface area contributed by atoms with Crippen molar-refractivity contribution >= 4 is 12.4 Å². The predicted molar refractivity (Wildman–Crippen MR) is 81.2 cm³/mol. The van der Waals surface area contributed by atoms with Crippen molar-refractivity contribution in [3.05, 3.63) is 0 Å². The Morgan fingerprint density at radius 2 is 1.61 bits per heavy atom. The molecule has 1 aliphatic heterocycles. The lowest BCUT2D eigenvalue weighted by atomic mass is 9.82. The molecule has 0 bridgehead atoms. The average Bonchev–Trinajstić information content (AvgIpc) is 2.33. The SMILES string of the molecule is CC1CCC(CN2CCC(C(C)N)CC2)CC1.Cl. The molecule has 2 aliphatic rings. The molecule has 0 radical (unpaired) electrons. The van der Waals surface area contributed by atoms with Gasteiger partial charge in [0.1, 0.15) is 0 Å². The minimum atomic E-state index is 0. The van der Waals surface area contributed by atoms with Crippen LogP contribution in [0.5, 0.6) is 0 Å². The summed E-state index contributed by atoms with van der Waals surface area (Å²) in [4.78, 5) is 2.69. The lowest BCUT2D eigenvalue weighted by Crippen LogP contribution is -2.41. The molecule has 2 fully saturated rings. The van der Waals surface area contributed by atoms with Crippen LogP contribution in [0, 0.1) is 17.8 Å². The average molecular weight is 275 g/mol. The van der Waals surface area contributed by atoms with Gasteiger partial charge in [0.15, 0.2) is 0 Å². The number of hydrogen-bond donors (Lipinski definition) is 1. The summed E-state index contributed by atoms with van der Waals surface area (Å²) in [6.45, 7) is 8.52. The van der Waals surface area contributed by atoms with Gasteiger partial charge in [0.05, 0.1) is 0 Å². The molecule has 3 heteroatoms. The van der Waals surface area contributed by atoms with Gasteiger partial charge >= 0.3 is 0 Å². The van der Waals surface area contributed by atoms with Crippen molar-refractivity contribution in [3.63, 3.8) is 0 Å². The van der Waals surface area contributed by atoms with Crippen molar-refractivity contribution in [3.8, 4) is 0 Å². The van der Waals surface area contributed by atoms with Gasteiger partial charge in [-0.15, -0.1) is 12.4 Å². The third-order valence-electron chi connectivity index (χ3n) is 5.03. The number of rotatable bonds is 3. The van der Waals surface area contributed by atoms with Crippen LogP contribution < -0.4 is 5.73 Å². The van der Waals surface area contributed by atoms with E-state index in [0.29, 0.717) is 6.04 Å². The predicted octanol–water partition coefficient (Wildman–Crippen LogP) is 3.29. The maximum Gasteiger partial charge on any atom is 0.00397 e. The van der Waals surface area contributed by atoms with Gasteiger partial charge in [0.2, 0.25) is 0 Å². The Kier molecular flexibility index (Phi) is 6.97. The first-order valence-electron chi connectivity index (χ1n) is 7.63. The van der Waals surface area contributed by atoms with E-state index in [4.69, 9.17) is 5.73 Å². The van der Waals surface area contributed by atoms with Gasteiger partial charge in [0.25, 0.3) is 0 Å². The maximum absolute atomic E-state index is 5.99. The van der Waals surface area contributed by atoms with Crippen LogP contribution in [0.2, 0.25) is 0 Å². The van der Waals surface area contributed by atoms with Gasteiger partial charge in [-0.3, -0.25) is 0 Å². The summed E-state index contributed by atoms with van der Waals surface area (Å²) in [6.07, 6.45) is 8.49. The highest BCUT2D eigenvalue weighted by atomic mass is 35.5. The Morgan fingerprint density at radius 1 is 1.06 bits per heavy atom. The van der Waals surface area contributed by atoms with Gasteiger partial charge in [0, 0.05) is 12.6 Å². The fraction of sp³-hybridized carbons (Fsp3) is 1.00. The summed E-state index contributed by atoms with van der Waals surface area (Å²) in [5.41, 5.74) is 5.99. The number of nitrogens with zero attached hydrogens (tertiary/aromatic N) is 1. The number of halogens is 1. The summed E-state index contributed by atoms with van der Waals surface area (Å²) >= 11 is 0. The summed E-state index contributed by atoms with van der Waals surface area (Å²) in [7, 11) is 0. The number of piperidine rings is 1. The molecule has 2 N–H and O–H groups in total. The van der Waals surface area contributed by atoms with Crippen LogP contribution >= 0.6 is 12.4 Å². The molecule has 18 heavy (non-hydrogen) atoms. The second kappa shape index (κ2) is 7.72. The second-order valence-corrected chi connectivity index (χ2v) is 6.62. The Morgan fingerprint density at radius 3 is 2.11 bits per heavy atom. The number of likely N-dealkylation sites (tertiary alicyclic amines) is 1. The van der Waals surface area contributed by atoms with Crippen molar-refractivity contribution in [2.45, 2.75) is 58.4 Å². The van der Waals surface area contributed by atoms with Gasteiger partial charge in [-0.1, -0.05) is 19.8 Å². The van der Waals surface area contributed by atoms with Gasteiger partial charge in [-0.2, -0.15) is 0 Å². The van der Waals surface area contributed by atoms with E-state index >= 15 is 0 Å². The van der Waals surface area contributed by atoms with E-state index < -0.39 is 0 Å². The molecular weight excluding hydrogens is 244 g/mol. The fourth-order valence-electron chi connectivity index (χ4n) is 3.54. The normalized spacial score (nSPS) is 32.8. The Hall–Kier alpha value is 0.210. The molecule has 2 nitrogen and oxygen atoms in total. The van der Waals surface area contributed by atoms with E-state index in [1.54, 1.807) is 0 Å². The minimum absolute atomic E-state index is 0. The Bertz CT molecular complexity index is 217. The first-order valence-corrected chi connectivity index (χ1v) is 7.63. The van der Waals surface area contributed by atoms with Crippen molar-refractivity contribution in [1.82, 2.24) is 4.90 Å². The standard InChI is InChI=1S/C15H30N2.ClH/c1-12-3-5-14(6-4-12)11-17-9-7-15(8-10-17)13(2)16;/h12-15H,3-11,16H2,1-2H3;1H. The van der Waals surface area contributed by atoms with Crippen LogP contribution in [0.4, 0.5) is 0 Å². The zero-order valence-corrected chi connectivity index (χ0v) is 12.9. The molecule has 1 aliphatic carbocycles. The third-order valence-corrected chi connectivity index (χ3v) is 5.03. The summed E-state index contributed by atoms with van der Waals surface area (Å²) < 4.78 is 0.